The van der Waals surface area contributed by atoms with E-state index in [0.29, 0.717) is 16.6 Å². The number of benzene rings is 1. The average molecular weight is 366 g/mol. The molecule has 1 aliphatic heterocycles. The van der Waals surface area contributed by atoms with Crippen LogP contribution in [0.4, 0.5) is 5.69 Å². The van der Waals surface area contributed by atoms with Crippen molar-refractivity contribution in [1.82, 2.24) is 15.2 Å². The predicted molar refractivity (Wildman–Crippen MR) is 106 cm³/mol. The number of nitrogens with one attached hydrogen (secondary N) is 1. The van der Waals surface area contributed by atoms with Crippen LogP contribution >= 0.6 is 11.3 Å². The van der Waals surface area contributed by atoms with Gasteiger partial charge >= 0.3 is 0 Å². The van der Waals surface area contributed by atoms with E-state index < -0.39 is 0 Å². The van der Waals surface area contributed by atoms with Crippen LogP contribution in [0.3, 0.4) is 0 Å². The second-order valence-corrected chi connectivity index (χ2v) is 7.63. The lowest BCUT2D eigenvalue weighted by Gasteiger charge is -2.24. The van der Waals surface area contributed by atoms with Gasteiger partial charge < -0.3 is 11.1 Å². The molecule has 1 aliphatic rings. The van der Waals surface area contributed by atoms with Gasteiger partial charge in [-0.25, -0.2) is 4.98 Å². The van der Waals surface area contributed by atoms with E-state index in [1.807, 2.05) is 12.1 Å². The molecule has 3 heterocycles. The molecule has 0 bridgehead atoms. The Hall–Kier alpha value is -2.44. The Morgan fingerprint density at radius 1 is 1.31 bits per heavy atom. The number of carbonyl (C=O) groups is 1. The second kappa shape index (κ2) is 7.05. The quantitative estimate of drug-likeness (QED) is 0.740. The highest BCUT2D eigenvalue weighted by atomic mass is 32.1. The number of nitrogen functional groups attached to an aromatic ring is 1. The first kappa shape index (κ1) is 17.0. The summed E-state index contributed by atoms with van der Waals surface area (Å²) in [7, 11) is 1.62. The highest BCUT2D eigenvalue weighted by molar-refractivity contribution is 7.21. The van der Waals surface area contributed by atoms with E-state index in [-0.39, 0.29) is 5.91 Å². The summed E-state index contributed by atoms with van der Waals surface area (Å²) in [4.78, 5) is 20.7. The third-order valence-electron chi connectivity index (χ3n) is 4.98. The molecular weight excluding hydrogens is 344 g/mol. The molecule has 6 heteroatoms. The molecule has 5 nitrogen and oxygen atoms in total. The van der Waals surface area contributed by atoms with Gasteiger partial charge in [-0.1, -0.05) is 30.3 Å². The maximum absolute atomic E-state index is 12.0. The smallest absolute Gasteiger partial charge is 0.263 e. The number of fused-ring (bicyclic) bond motifs is 1. The fourth-order valence-corrected chi connectivity index (χ4v) is 4.69. The maximum Gasteiger partial charge on any atom is 0.263 e. The number of hydrogen-bond donors (Lipinski definition) is 2. The molecule has 0 aliphatic carbocycles. The van der Waals surface area contributed by atoms with Crippen LogP contribution in [0.25, 0.3) is 10.2 Å². The van der Waals surface area contributed by atoms with Gasteiger partial charge in [0, 0.05) is 19.0 Å². The van der Waals surface area contributed by atoms with Crippen LogP contribution in [0.5, 0.6) is 0 Å². The zero-order valence-corrected chi connectivity index (χ0v) is 15.6. The van der Waals surface area contributed by atoms with Crippen molar-refractivity contribution in [3.8, 4) is 0 Å². The van der Waals surface area contributed by atoms with Gasteiger partial charge in [0.15, 0.2) is 0 Å². The Bertz CT molecular complexity index is 938. The Kier molecular flexibility index (Phi) is 4.61. The fourth-order valence-electron chi connectivity index (χ4n) is 3.65. The molecule has 1 fully saturated rings. The topological polar surface area (TPSA) is 71.2 Å². The van der Waals surface area contributed by atoms with Crippen molar-refractivity contribution in [2.24, 2.45) is 0 Å². The van der Waals surface area contributed by atoms with Crippen LogP contribution in [0.15, 0.2) is 42.5 Å². The van der Waals surface area contributed by atoms with Crippen molar-refractivity contribution in [3.05, 3.63) is 58.6 Å². The summed E-state index contributed by atoms with van der Waals surface area (Å²) >= 11 is 1.37. The van der Waals surface area contributed by atoms with Crippen LogP contribution in [-0.2, 0) is 6.54 Å². The van der Waals surface area contributed by atoms with E-state index in [0.717, 1.165) is 35.4 Å². The van der Waals surface area contributed by atoms with Gasteiger partial charge in [-0.3, -0.25) is 9.69 Å². The van der Waals surface area contributed by atoms with Crippen LogP contribution < -0.4 is 11.1 Å². The summed E-state index contributed by atoms with van der Waals surface area (Å²) in [6.07, 6.45) is 2.28. The van der Waals surface area contributed by atoms with Gasteiger partial charge in [0.1, 0.15) is 9.71 Å². The summed E-state index contributed by atoms with van der Waals surface area (Å²) in [5, 5.41) is 3.51. The van der Waals surface area contributed by atoms with Crippen LogP contribution in [0, 0.1) is 0 Å². The van der Waals surface area contributed by atoms with E-state index in [1.165, 1.54) is 23.3 Å². The summed E-state index contributed by atoms with van der Waals surface area (Å²) in [6, 6.07) is 14.9. The number of thiophene rings is 1. The normalized spacial score (nSPS) is 17.7. The van der Waals surface area contributed by atoms with Crippen molar-refractivity contribution < 1.29 is 4.79 Å². The SMILES string of the molecule is CNC(=O)c1sc2nc([C@H]3CCCN3Cc3ccccc3)ccc2c1N. The summed E-state index contributed by atoms with van der Waals surface area (Å²) in [5.41, 5.74) is 9.06. The van der Waals surface area contributed by atoms with Gasteiger partial charge in [0.25, 0.3) is 5.91 Å². The molecule has 3 aromatic rings. The molecule has 1 aromatic carbocycles. The molecule has 1 saturated heterocycles. The zero-order chi connectivity index (χ0) is 18.1. The number of pyridine rings is 1. The van der Waals surface area contributed by atoms with E-state index in [2.05, 4.69) is 40.5 Å². The summed E-state index contributed by atoms with van der Waals surface area (Å²) in [5.74, 6) is -0.154. The number of amides is 1. The number of nitrogens with zero attached hydrogens (tertiary/aromatic N) is 2. The highest BCUT2D eigenvalue weighted by Gasteiger charge is 2.28. The van der Waals surface area contributed by atoms with Gasteiger partial charge in [-0.05, 0) is 37.1 Å². The number of carbonyl (C=O) groups excluding carboxylic acids is 1. The number of rotatable bonds is 4. The first-order valence-corrected chi connectivity index (χ1v) is 9.68. The molecule has 134 valence electrons. The van der Waals surface area contributed by atoms with Crippen molar-refractivity contribution in [2.75, 3.05) is 19.3 Å². The van der Waals surface area contributed by atoms with Crippen molar-refractivity contribution in [2.45, 2.75) is 25.4 Å². The van der Waals surface area contributed by atoms with E-state index in [4.69, 9.17) is 10.7 Å². The van der Waals surface area contributed by atoms with Crippen LogP contribution in [0.2, 0.25) is 0 Å². The maximum atomic E-state index is 12.0. The molecule has 3 N–H and O–H groups in total. The van der Waals surface area contributed by atoms with Gasteiger partial charge in [0.05, 0.1) is 17.4 Å². The van der Waals surface area contributed by atoms with E-state index in [1.54, 1.807) is 7.05 Å². The number of aromatic nitrogens is 1. The van der Waals surface area contributed by atoms with Gasteiger partial charge in [-0.15, -0.1) is 11.3 Å². The van der Waals surface area contributed by atoms with Crippen LogP contribution in [-0.4, -0.2) is 29.4 Å². The molecule has 4 rings (SSSR count). The third kappa shape index (κ3) is 3.06. The average Bonchev–Trinajstić information content (AvgIpc) is 3.26. The largest absolute Gasteiger partial charge is 0.397 e. The third-order valence-corrected chi connectivity index (χ3v) is 6.10. The number of hydrogen-bond acceptors (Lipinski definition) is 5. The Balaban J connectivity index is 1.64. The summed E-state index contributed by atoms with van der Waals surface area (Å²) in [6.45, 7) is 2.01. The van der Waals surface area contributed by atoms with E-state index in [9.17, 15) is 4.79 Å². The monoisotopic (exact) mass is 366 g/mol. The molecule has 2 aromatic heterocycles. The second-order valence-electron chi connectivity index (χ2n) is 6.63. The molecule has 0 saturated carbocycles. The predicted octanol–water partition coefficient (Wildman–Crippen LogP) is 3.58. The van der Waals surface area contributed by atoms with Crippen molar-refractivity contribution in [1.29, 1.82) is 0 Å². The number of anilines is 1. The molecular formula is C20H22N4OS. The standard InChI is InChI=1S/C20H22N4OS/c1-22-19(25)18-17(21)14-9-10-15(23-20(14)26-18)16-8-5-11-24(16)12-13-6-3-2-4-7-13/h2-4,6-7,9-10,16H,5,8,11-12,21H2,1H3,(H,22,25)/t16-/m1/s1. The van der Waals surface area contributed by atoms with Gasteiger partial charge in [0.2, 0.25) is 0 Å². The number of nitrogens with two attached hydrogens (primary N) is 1. The lowest BCUT2D eigenvalue weighted by atomic mass is 10.1. The minimum atomic E-state index is -0.154. The minimum Gasteiger partial charge on any atom is -0.397 e. The Morgan fingerprint density at radius 3 is 2.88 bits per heavy atom. The fraction of sp³-hybridized carbons (Fsp3) is 0.300. The molecule has 0 radical (unpaired) electrons. The molecule has 1 atom stereocenters. The minimum absolute atomic E-state index is 0.154. The lowest BCUT2D eigenvalue weighted by molar-refractivity contribution is 0.0968. The van der Waals surface area contributed by atoms with Gasteiger partial charge in [-0.2, -0.15) is 0 Å². The van der Waals surface area contributed by atoms with Crippen LogP contribution in [0.1, 0.15) is 39.8 Å². The van der Waals surface area contributed by atoms with Crippen molar-refractivity contribution in [3.63, 3.8) is 0 Å². The molecule has 0 unspecified atom stereocenters. The lowest BCUT2D eigenvalue weighted by Crippen LogP contribution is -2.23. The Morgan fingerprint density at radius 2 is 2.12 bits per heavy atom. The number of likely N-dealkylation sites (tertiary alicyclic amines) is 1. The van der Waals surface area contributed by atoms with E-state index >= 15 is 0 Å². The van der Waals surface area contributed by atoms with Crippen molar-refractivity contribution >= 4 is 33.1 Å². The molecule has 0 spiro atoms. The first-order valence-electron chi connectivity index (χ1n) is 8.86. The Labute approximate surface area is 156 Å². The summed E-state index contributed by atoms with van der Waals surface area (Å²) < 4.78 is 0. The first-order chi connectivity index (χ1) is 12.7. The zero-order valence-electron chi connectivity index (χ0n) is 14.7. The highest BCUT2D eigenvalue weighted by Crippen LogP contribution is 2.37. The molecule has 26 heavy (non-hydrogen) atoms. The molecule has 1 amide bonds.